The maximum Gasteiger partial charge on any atom is 0.144 e. The highest BCUT2D eigenvalue weighted by Gasteiger charge is 2.32. The third kappa shape index (κ3) is 5.13. The molecule has 0 aliphatic carbocycles. The second kappa shape index (κ2) is 8.78. The van der Waals surface area contributed by atoms with E-state index in [-0.39, 0.29) is 0 Å². The minimum atomic E-state index is -0.650. The average molecular weight is 288 g/mol. The van der Waals surface area contributed by atoms with E-state index >= 15 is 0 Å². The Balaban J connectivity index is 2.91. The summed E-state index contributed by atoms with van der Waals surface area (Å²) in [6.07, 6.45) is 1.09. The summed E-state index contributed by atoms with van der Waals surface area (Å²) in [6, 6.07) is 12.5. The van der Waals surface area contributed by atoms with Gasteiger partial charge in [-0.2, -0.15) is 5.26 Å². The fraction of sp³-hybridized carbons (Fsp3) is 0.588. The Kier molecular flexibility index (Phi) is 7.38. The van der Waals surface area contributed by atoms with Gasteiger partial charge in [0.15, 0.2) is 0 Å². The van der Waals surface area contributed by atoms with Crippen molar-refractivity contribution in [2.24, 2.45) is 0 Å². The fourth-order valence-corrected chi connectivity index (χ4v) is 2.46. The van der Waals surface area contributed by atoms with Crippen LogP contribution in [0, 0.1) is 11.3 Å². The van der Waals surface area contributed by atoms with Crippen molar-refractivity contribution in [2.45, 2.75) is 18.9 Å². The molecule has 0 spiro atoms. The first-order valence-corrected chi connectivity index (χ1v) is 7.60. The maximum absolute atomic E-state index is 9.77. The zero-order chi connectivity index (χ0) is 15.7. The molecule has 0 fully saturated rings. The molecule has 0 saturated heterocycles. The second-order valence-electron chi connectivity index (χ2n) is 5.71. The van der Waals surface area contributed by atoms with E-state index in [1.165, 1.54) is 0 Å². The summed E-state index contributed by atoms with van der Waals surface area (Å²) < 4.78 is 0. The number of hydrogen-bond acceptors (Lipinski definition) is 4. The molecule has 0 aromatic heterocycles. The zero-order valence-electron chi connectivity index (χ0n) is 13.8. The van der Waals surface area contributed by atoms with Crippen LogP contribution in [-0.4, -0.2) is 57.1 Å². The van der Waals surface area contributed by atoms with Gasteiger partial charge in [0.05, 0.1) is 6.07 Å². The highest BCUT2D eigenvalue weighted by Crippen LogP contribution is 2.21. The molecule has 4 heteroatoms. The normalized spacial score (nSPS) is 14.1. The third-order valence-electron chi connectivity index (χ3n) is 3.75. The Bertz CT molecular complexity index is 438. The largest absolute Gasteiger partial charge is 0.308 e. The van der Waals surface area contributed by atoms with Gasteiger partial charge < -0.3 is 4.90 Å². The van der Waals surface area contributed by atoms with Gasteiger partial charge in [-0.05, 0) is 39.7 Å². The van der Waals surface area contributed by atoms with Gasteiger partial charge in [-0.3, -0.25) is 10.2 Å². The van der Waals surface area contributed by atoms with Gasteiger partial charge in [-0.1, -0.05) is 37.3 Å². The molecule has 1 rings (SSSR count). The van der Waals surface area contributed by atoms with Crippen molar-refractivity contribution < 1.29 is 0 Å². The molecular weight excluding hydrogens is 260 g/mol. The van der Waals surface area contributed by atoms with E-state index in [0.29, 0.717) is 6.54 Å². The Morgan fingerprint density at radius 3 is 2.29 bits per heavy atom. The SMILES string of the molecule is CCCN(CCN(C)C)CC(C#N)(NC)c1ccccc1. The lowest BCUT2D eigenvalue weighted by atomic mass is 9.90. The summed E-state index contributed by atoms with van der Waals surface area (Å²) in [4.78, 5) is 4.55. The van der Waals surface area contributed by atoms with Crippen LogP contribution in [0.1, 0.15) is 18.9 Å². The number of hydrogen-bond donors (Lipinski definition) is 1. The van der Waals surface area contributed by atoms with Gasteiger partial charge in [-0.15, -0.1) is 0 Å². The Labute approximate surface area is 129 Å². The summed E-state index contributed by atoms with van der Waals surface area (Å²) in [5, 5.41) is 13.0. The van der Waals surface area contributed by atoms with Crippen LogP contribution < -0.4 is 5.32 Å². The van der Waals surface area contributed by atoms with Crippen molar-refractivity contribution >= 4 is 0 Å². The topological polar surface area (TPSA) is 42.3 Å². The third-order valence-corrected chi connectivity index (χ3v) is 3.75. The Morgan fingerprint density at radius 1 is 1.14 bits per heavy atom. The van der Waals surface area contributed by atoms with E-state index in [9.17, 15) is 5.26 Å². The van der Waals surface area contributed by atoms with Crippen LogP contribution in [0.4, 0.5) is 0 Å². The van der Waals surface area contributed by atoms with Crippen molar-refractivity contribution in [1.82, 2.24) is 15.1 Å². The fourth-order valence-electron chi connectivity index (χ4n) is 2.46. The second-order valence-corrected chi connectivity index (χ2v) is 5.71. The van der Waals surface area contributed by atoms with Crippen molar-refractivity contribution in [3.8, 4) is 6.07 Å². The molecule has 4 nitrogen and oxygen atoms in total. The number of likely N-dealkylation sites (N-methyl/N-ethyl adjacent to an activating group) is 2. The Hall–Kier alpha value is -1.41. The monoisotopic (exact) mass is 288 g/mol. The van der Waals surface area contributed by atoms with Crippen LogP contribution in [0.15, 0.2) is 30.3 Å². The van der Waals surface area contributed by atoms with Crippen molar-refractivity contribution in [3.63, 3.8) is 0 Å². The Morgan fingerprint density at radius 2 is 1.81 bits per heavy atom. The lowest BCUT2D eigenvalue weighted by Gasteiger charge is -2.34. The molecule has 1 atom stereocenters. The molecule has 0 bridgehead atoms. The highest BCUT2D eigenvalue weighted by atomic mass is 15.2. The molecular formula is C17H28N4. The average Bonchev–Trinajstić information content (AvgIpc) is 2.51. The first kappa shape index (κ1) is 17.6. The predicted octanol–water partition coefficient (Wildman–Crippen LogP) is 1.90. The molecule has 0 saturated carbocycles. The standard InChI is InChI=1S/C17H28N4/c1-5-11-21(13-12-20(3)4)15-17(14-18,19-2)16-9-7-6-8-10-16/h6-10,19H,5,11-13,15H2,1-4H3. The maximum atomic E-state index is 9.77. The summed E-state index contributed by atoms with van der Waals surface area (Å²) in [5.41, 5.74) is 0.379. The van der Waals surface area contributed by atoms with Crippen LogP contribution in [0.2, 0.25) is 0 Å². The molecule has 21 heavy (non-hydrogen) atoms. The smallest absolute Gasteiger partial charge is 0.144 e. The number of benzene rings is 1. The summed E-state index contributed by atoms with van der Waals surface area (Å²) in [6.45, 7) is 5.86. The van der Waals surface area contributed by atoms with Crippen LogP contribution in [0.25, 0.3) is 0 Å². The van der Waals surface area contributed by atoms with Crippen LogP contribution in [-0.2, 0) is 5.54 Å². The molecule has 0 amide bonds. The van der Waals surface area contributed by atoms with Crippen molar-refractivity contribution in [3.05, 3.63) is 35.9 Å². The number of nitriles is 1. The zero-order valence-corrected chi connectivity index (χ0v) is 13.8. The molecule has 1 aromatic rings. The summed E-state index contributed by atoms with van der Waals surface area (Å²) in [5.74, 6) is 0. The molecule has 0 aliphatic rings. The van der Waals surface area contributed by atoms with Gasteiger partial charge in [-0.25, -0.2) is 0 Å². The summed E-state index contributed by atoms with van der Waals surface area (Å²) in [7, 11) is 6.03. The first-order valence-electron chi connectivity index (χ1n) is 7.60. The van der Waals surface area contributed by atoms with E-state index in [4.69, 9.17) is 0 Å². The molecule has 0 heterocycles. The molecule has 1 aromatic carbocycles. The van der Waals surface area contributed by atoms with E-state index in [2.05, 4.69) is 42.2 Å². The van der Waals surface area contributed by atoms with Gasteiger partial charge in [0.25, 0.3) is 0 Å². The van der Waals surface area contributed by atoms with E-state index in [0.717, 1.165) is 31.6 Å². The van der Waals surface area contributed by atoms with Gasteiger partial charge in [0, 0.05) is 19.6 Å². The van der Waals surface area contributed by atoms with Crippen molar-refractivity contribution in [1.29, 1.82) is 5.26 Å². The summed E-state index contributed by atoms with van der Waals surface area (Å²) >= 11 is 0. The molecule has 1 N–H and O–H groups in total. The van der Waals surface area contributed by atoms with Gasteiger partial charge in [0.1, 0.15) is 5.54 Å². The van der Waals surface area contributed by atoms with Crippen LogP contribution >= 0.6 is 0 Å². The lowest BCUT2D eigenvalue weighted by Crippen LogP contribution is -2.50. The van der Waals surface area contributed by atoms with E-state index in [1.807, 2.05) is 37.4 Å². The van der Waals surface area contributed by atoms with Gasteiger partial charge in [0.2, 0.25) is 0 Å². The first-order chi connectivity index (χ1) is 10.1. The number of nitrogens with one attached hydrogen (secondary N) is 1. The highest BCUT2D eigenvalue weighted by molar-refractivity contribution is 5.31. The van der Waals surface area contributed by atoms with Crippen LogP contribution in [0.5, 0.6) is 0 Å². The minimum Gasteiger partial charge on any atom is -0.308 e. The minimum absolute atomic E-state index is 0.650. The quantitative estimate of drug-likeness (QED) is 0.753. The van der Waals surface area contributed by atoms with Crippen LogP contribution in [0.3, 0.4) is 0 Å². The predicted molar refractivity (Wildman–Crippen MR) is 88.1 cm³/mol. The molecule has 1 unspecified atom stereocenters. The molecule has 116 valence electrons. The molecule has 0 aliphatic heterocycles. The molecule has 0 radical (unpaired) electrons. The van der Waals surface area contributed by atoms with Gasteiger partial charge >= 0.3 is 0 Å². The van der Waals surface area contributed by atoms with Crippen molar-refractivity contribution in [2.75, 3.05) is 47.3 Å². The van der Waals surface area contributed by atoms with E-state index < -0.39 is 5.54 Å². The number of nitrogens with zero attached hydrogens (tertiary/aromatic N) is 3. The van der Waals surface area contributed by atoms with E-state index in [1.54, 1.807) is 0 Å². The lowest BCUT2D eigenvalue weighted by molar-refractivity contribution is 0.198. The number of rotatable bonds is 9.